The number of carbonyl (C=O) groups excluding carboxylic acids is 2. The molecular formula is C25H29N3O3. The molecule has 0 aromatic heterocycles. The molecule has 2 aromatic carbocycles. The molecule has 31 heavy (non-hydrogen) atoms. The highest BCUT2D eigenvalue weighted by atomic mass is 16.5. The van der Waals surface area contributed by atoms with Gasteiger partial charge in [-0.1, -0.05) is 18.2 Å². The van der Waals surface area contributed by atoms with Crippen molar-refractivity contribution in [3.63, 3.8) is 0 Å². The second-order valence-corrected chi connectivity index (χ2v) is 8.42. The van der Waals surface area contributed by atoms with E-state index in [1.165, 1.54) is 12.8 Å². The Bertz CT molecular complexity index is 1020. The number of allylic oxidation sites excluding steroid dienone is 1. The molecule has 2 aliphatic rings. The van der Waals surface area contributed by atoms with E-state index < -0.39 is 6.04 Å². The van der Waals surface area contributed by atoms with Crippen molar-refractivity contribution in [2.45, 2.75) is 58.6 Å². The van der Waals surface area contributed by atoms with E-state index in [4.69, 9.17) is 4.74 Å². The molecule has 1 aliphatic carbocycles. The highest BCUT2D eigenvalue weighted by molar-refractivity contribution is 6.06. The smallest absolute Gasteiger partial charge is 0.319 e. The summed E-state index contributed by atoms with van der Waals surface area (Å²) in [6.45, 7) is 5.79. The zero-order valence-electron chi connectivity index (χ0n) is 18.2. The monoisotopic (exact) mass is 419 g/mol. The Morgan fingerprint density at radius 2 is 1.71 bits per heavy atom. The zero-order chi connectivity index (χ0) is 22.0. The first kappa shape index (κ1) is 21.0. The Labute approximate surface area is 183 Å². The van der Waals surface area contributed by atoms with Gasteiger partial charge in [-0.15, -0.1) is 0 Å². The highest BCUT2D eigenvalue weighted by Crippen LogP contribution is 2.30. The average Bonchev–Trinajstić information content (AvgIpc) is 3.23. The number of carbonyl (C=O) groups is 2. The molecule has 1 saturated carbocycles. The van der Waals surface area contributed by atoms with Gasteiger partial charge < -0.3 is 20.7 Å². The average molecular weight is 420 g/mol. The fraction of sp³-hybridized carbons (Fsp3) is 0.360. The summed E-state index contributed by atoms with van der Waals surface area (Å²) in [6.07, 6.45) is 4.90. The van der Waals surface area contributed by atoms with Gasteiger partial charge in [-0.3, -0.25) is 4.79 Å². The quantitative estimate of drug-likeness (QED) is 0.645. The first-order valence-corrected chi connectivity index (χ1v) is 10.8. The number of benzene rings is 2. The van der Waals surface area contributed by atoms with E-state index in [2.05, 4.69) is 16.0 Å². The number of urea groups is 1. The summed E-state index contributed by atoms with van der Waals surface area (Å²) in [6, 6.07) is 12.6. The van der Waals surface area contributed by atoms with Gasteiger partial charge in [0.15, 0.2) is 0 Å². The topological polar surface area (TPSA) is 79.5 Å². The fourth-order valence-corrected chi connectivity index (χ4v) is 4.20. The molecule has 162 valence electrons. The molecule has 1 fully saturated rings. The molecule has 3 N–H and O–H groups in total. The van der Waals surface area contributed by atoms with Crippen LogP contribution in [0.15, 0.2) is 53.7 Å². The minimum absolute atomic E-state index is 0.246. The lowest BCUT2D eigenvalue weighted by Gasteiger charge is -2.29. The van der Waals surface area contributed by atoms with Crippen LogP contribution in [0.2, 0.25) is 0 Å². The predicted molar refractivity (Wildman–Crippen MR) is 121 cm³/mol. The van der Waals surface area contributed by atoms with Crippen LogP contribution in [0.25, 0.3) is 0 Å². The molecule has 0 bridgehead atoms. The predicted octanol–water partition coefficient (Wildman–Crippen LogP) is 4.89. The van der Waals surface area contributed by atoms with Crippen LogP contribution in [0.5, 0.6) is 5.75 Å². The summed E-state index contributed by atoms with van der Waals surface area (Å²) in [5, 5.41) is 8.57. The number of rotatable bonds is 5. The first-order valence-electron chi connectivity index (χ1n) is 10.8. The fourth-order valence-electron chi connectivity index (χ4n) is 4.20. The molecule has 1 atom stereocenters. The molecule has 0 radical (unpaired) electrons. The molecule has 0 unspecified atom stereocenters. The normalized spacial score (nSPS) is 19.1. The van der Waals surface area contributed by atoms with Gasteiger partial charge >= 0.3 is 6.03 Å². The van der Waals surface area contributed by atoms with Crippen molar-refractivity contribution in [1.82, 2.24) is 10.6 Å². The number of hydrogen-bond donors (Lipinski definition) is 3. The molecule has 1 heterocycles. The summed E-state index contributed by atoms with van der Waals surface area (Å²) >= 11 is 0. The largest absolute Gasteiger partial charge is 0.490 e. The summed E-state index contributed by atoms with van der Waals surface area (Å²) < 4.78 is 6.04. The number of hydrogen-bond acceptors (Lipinski definition) is 3. The van der Waals surface area contributed by atoms with Crippen molar-refractivity contribution in [2.75, 3.05) is 5.32 Å². The third kappa shape index (κ3) is 4.74. The molecule has 2 aromatic rings. The van der Waals surface area contributed by atoms with E-state index in [-0.39, 0.29) is 18.0 Å². The Kier molecular flexibility index (Phi) is 5.98. The molecule has 0 saturated heterocycles. The highest BCUT2D eigenvalue weighted by Gasteiger charge is 2.31. The van der Waals surface area contributed by atoms with E-state index in [1.54, 1.807) is 6.92 Å². The Morgan fingerprint density at radius 1 is 1.00 bits per heavy atom. The number of ether oxygens (including phenoxy) is 1. The van der Waals surface area contributed by atoms with Gasteiger partial charge in [0.2, 0.25) is 0 Å². The summed E-state index contributed by atoms with van der Waals surface area (Å²) in [7, 11) is 0. The molecule has 4 rings (SSSR count). The van der Waals surface area contributed by atoms with E-state index in [1.807, 2.05) is 56.3 Å². The van der Waals surface area contributed by atoms with Gasteiger partial charge in [0, 0.05) is 11.4 Å². The van der Waals surface area contributed by atoms with Crippen LogP contribution >= 0.6 is 0 Å². The Morgan fingerprint density at radius 3 is 2.39 bits per heavy atom. The van der Waals surface area contributed by atoms with Gasteiger partial charge in [0.1, 0.15) is 5.75 Å². The maximum atomic E-state index is 13.2. The number of anilines is 1. The van der Waals surface area contributed by atoms with E-state index in [0.29, 0.717) is 11.3 Å². The number of nitrogens with one attached hydrogen (secondary N) is 3. The first-order chi connectivity index (χ1) is 14.9. The van der Waals surface area contributed by atoms with Gasteiger partial charge in [-0.05, 0) is 87.4 Å². The lowest BCUT2D eigenvalue weighted by Crippen LogP contribution is -2.45. The summed E-state index contributed by atoms with van der Waals surface area (Å²) in [5.74, 6) is 0.572. The van der Waals surface area contributed by atoms with Crippen molar-refractivity contribution >= 4 is 17.6 Å². The Hall–Kier alpha value is -3.28. The maximum absolute atomic E-state index is 13.2. The third-order valence-corrected chi connectivity index (χ3v) is 6.10. The van der Waals surface area contributed by atoms with Crippen LogP contribution in [-0.4, -0.2) is 18.0 Å². The maximum Gasteiger partial charge on any atom is 0.319 e. The van der Waals surface area contributed by atoms with Crippen molar-refractivity contribution in [3.8, 4) is 5.75 Å². The number of aryl methyl sites for hydroxylation is 2. The summed E-state index contributed by atoms with van der Waals surface area (Å²) in [4.78, 5) is 25.3. The van der Waals surface area contributed by atoms with Gasteiger partial charge in [-0.2, -0.15) is 0 Å². The third-order valence-electron chi connectivity index (χ3n) is 6.10. The van der Waals surface area contributed by atoms with Crippen molar-refractivity contribution < 1.29 is 14.3 Å². The van der Waals surface area contributed by atoms with E-state index in [0.717, 1.165) is 41.0 Å². The van der Waals surface area contributed by atoms with Crippen molar-refractivity contribution in [2.24, 2.45) is 0 Å². The number of amides is 3. The van der Waals surface area contributed by atoms with Crippen molar-refractivity contribution in [1.29, 1.82) is 0 Å². The SMILES string of the molecule is CC1=C(C(=O)Nc2ccc(C)c(C)c2)[C@H](c2ccc(OC3CCCC3)cc2)NC(=O)N1. The molecule has 3 amide bonds. The van der Waals surface area contributed by atoms with Crippen molar-refractivity contribution in [3.05, 3.63) is 70.4 Å². The molecule has 1 aliphatic heterocycles. The summed E-state index contributed by atoms with van der Waals surface area (Å²) in [5.41, 5.74) is 4.86. The van der Waals surface area contributed by atoms with E-state index >= 15 is 0 Å². The lowest BCUT2D eigenvalue weighted by molar-refractivity contribution is -0.113. The van der Waals surface area contributed by atoms with Crippen LogP contribution in [0.4, 0.5) is 10.5 Å². The van der Waals surface area contributed by atoms with E-state index in [9.17, 15) is 9.59 Å². The molecule has 0 spiro atoms. The standard InChI is InChI=1S/C25H29N3O3/c1-15-8-11-19(14-16(15)2)27-24(29)22-17(3)26-25(30)28-23(22)18-9-12-21(13-10-18)31-20-6-4-5-7-20/h8-14,20,23H,4-7H2,1-3H3,(H,27,29)(H2,26,28,30)/t23-/m0/s1. The van der Waals surface area contributed by atoms with Gasteiger partial charge in [0.05, 0.1) is 17.7 Å². The molecule has 6 nitrogen and oxygen atoms in total. The minimum atomic E-state index is -0.541. The van der Waals surface area contributed by atoms with Crippen LogP contribution < -0.4 is 20.7 Å². The van der Waals surface area contributed by atoms with Crippen LogP contribution in [0.3, 0.4) is 0 Å². The van der Waals surface area contributed by atoms with Gasteiger partial charge in [0.25, 0.3) is 5.91 Å². The van der Waals surface area contributed by atoms with Crippen LogP contribution in [0, 0.1) is 13.8 Å². The lowest BCUT2D eigenvalue weighted by atomic mass is 9.94. The molecular weight excluding hydrogens is 390 g/mol. The van der Waals surface area contributed by atoms with Gasteiger partial charge in [-0.25, -0.2) is 4.79 Å². The zero-order valence-corrected chi connectivity index (χ0v) is 18.2. The van der Waals surface area contributed by atoms with Crippen LogP contribution in [-0.2, 0) is 4.79 Å². The van der Waals surface area contributed by atoms with Crippen LogP contribution in [0.1, 0.15) is 55.3 Å². The molecule has 6 heteroatoms. The second kappa shape index (κ2) is 8.84. The second-order valence-electron chi connectivity index (χ2n) is 8.42. The Balaban J connectivity index is 1.56. The minimum Gasteiger partial charge on any atom is -0.490 e.